The number of carbonyl (C=O) groups is 1. The first kappa shape index (κ1) is 16.2. The normalized spacial score (nSPS) is 12.7. The molecule has 0 saturated heterocycles. The van der Waals surface area contributed by atoms with Gasteiger partial charge in [-0.25, -0.2) is 4.98 Å². The molecule has 0 saturated carbocycles. The van der Waals surface area contributed by atoms with E-state index in [2.05, 4.69) is 31.1 Å². The lowest BCUT2D eigenvalue weighted by Crippen LogP contribution is -2.17. The maximum atomic E-state index is 11.7. The van der Waals surface area contributed by atoms with Crippen LogP contribution >= 0.6 is 27.7 Å². The van der Waals surface area contributed by atoms with Crippen molar-refractivity contribution < 1.29 is 9.53 Å². The molecule has 2 heterocycles. The molecule has 0 radical (unpaired) electrons. The Hall–Kier alpha value is -1.67. The molecule has 0 spiro atoms. The van der Waals surface area contributed by atoms with Gasteiger partial charge in [-0.3, -0.25) is 4.79 Å². The average molecular weight is 395 g/mol. The molecule has 120 valence electrons. The van der Waals surface area contributed by atoms with Gasteiger partial charge in [-0.1, -0.05) is 27.7 Å². The van der Waals surface area contributed by atoms with Gasteiger partial charge in [0.05, 0.1) is 12.1 Å². The Kier molecular flexibility index (Phi) is 4.54. The van der Waals surface area contributed by atoms with Gasteiger partial charge in [0.1, 0.15) is 10.8 Å². The van der Waals surface area contributed by atoms with Crippen molar-refractivity contribution >= 4 is 55.7 Å². The minimum absolute atomic E-state index is 0.276. The van der Waals surface area contributed by atoms with Crippen LogP contribution in [0.2, 0.25) is 0 Å². The van der Waals surface area contributed by atoms with Crippen LogP contribution in [0.3, 0.4) is 0 Å². The second-order valence-corrected chi connectivity index (χ2v) is 7.22. The van der Waals surface area contributed by atoms with Crippen molar-refractivity contribution in [1.82, 2.24) is 19.7 Å². The number of hydrogen-bond donors (Lipinski definition) is 0. The third kappa shape index (κ3) is 3.05. The van der Waals surface area contributed by atoms with Crippen LogP contribution in [0.1, 0.15) is 13.8 Å². The maximum Gasteiger partial charge on any atom is 0.319 e. The Morgan fingerprint density at radius 3 is 2.96 bits per heavy atom. The average Bonchev–Trinajstić information content (AvgIpc) is 2.80. The van der Waals surface area contributed by atoms with Crippen LogP contribution in [-0.4, -0.2) is 37.6 Å². The van der Waals surface area contributed by atoms with Crippen molar-refractivity contribution in [3.63, 3.8) is 0 Å². The number of hydrogen-bond acceptors (Lipinski definition) is 6. The van der Waals surface area contributed by atoms with E-state index < -0.39 is 0 Å². The summed E-state index contributed by atoms with van der Waals surface area (Å²) in [4.78, 5) is 16.3. The summed E-state index contributed by atoms with van der Waals surface area (Å²) in [5.41, 5.74) is 2.52. The molecule has 0 N–H and O–H groups in total. The number of carbonyl (C=O) groups excluding carboxylic acids is 1. The number of thioether (sulfide) groups is 1. The van der Waals surface area contributed by atoms with E-state index in [1.807, 2.05) is 29.8 Å². The van der Waals surface area contributed by atoms with E-state index in [0.717, 1.165) is 26.5 Å². The molecule has 6 nitrogen and oxygen atoms in total. The highest BCUT2D eigenvalue weighted by Gasteiger charge is 2.19. The number of aromatic nitrogens is 4. The Labute approximate surface area is 145 Å². The van der Waals surface area contributed by atoms with Crippen LogP contribution in [0, 0.1) is 0 Å². The molecule has 0 aliphatic heterocycles. The Morgan fingerprint density at radius 1 is 1.43 bits per heavy atom. The van der Waals surface area contributed by atoms with Gasteiger partial charge < -0.3 is 9.30 Å². The number of aryl methyl sites for hydroxylation is 1. The fourth-order valence-electron chi connectivity index (χ4n) is 2.33. The number of benzene rings is 1. The highest BCUT2D eigenvalue weighted by Crippen LogP contribution is 2.29. The van der Waals surface area contributed by atoms with Crippen LogP contribution in [-0.2, 0) is 16.6 Å². The van der Waals surface area contributed by atoms with Crippen LogP contribution in [0.15, 0.2) is 27.8 Å². The smallest absolute Gasteiger partial charge is 0.319 e. The highest BCUT2D eigenvalue weighted by atomic mass is 79.9. The van der Waals surface area contributed by atoms with E-state index in [1.54, 1.807) is 13.8 Å². The van der Waals surface area contributed by atoms with Gasteiger partial charge >= 0.3 is 5.97 Å². The van der Waals surface area contributed by atoms with Gasteiger partial charge in [0.2, 0.25) is 5.16 Å². The summed E-state index contributed by atoms with van der Waals surface area (Å²) in [7, 11) is 1.94. The Morgan fingerprint density at radius 2 is 2.22 bits per heavy atom. The summed E-state index contributed by atoms with van der Waals surface area (Å²) in [6.07, 6.45) is 0. The van der Waals surface area contributed by atoms with E-state index in [1.165, 1.54) is 11.8 Å². The van der Waals surface area contributed by atoms with Gasteiger partial charge in [-0.05, 0) is 32.0 Å². The Balaban J connectivity index is 2.01. The van der Waals surface area contributed by atoms with Crippen molar-refractivity contribution in [1.29, 1.82) is 0 Å². The summed E-state index contributed by atoms with van der Waals surface area (Å²) in [6.45, 7) is 3.92. The number of esters is 1. The van der Waals surface area contributed by atoms with Crippen LogP contribution in [0.4, 0.5) is 0 Å². The van der Waals surface area contributed by atoms with Gasteiger partial charge in [-0.15, -0.1) is 10.2 Å². The number of nitrogens with zero attached hydrogens (tertiary/aromatic N) is 4. The number of halogens is 1. The zero-order chi connectivity index (χ0) is 16.6. The zero-order valence-electron chi connectivity index (χ0n) is 12.9. The summed E-state index contributed by atoms with van der Waals surface area (Å²) < 4.78 is 7.96. The van der Waals surface area contributed by atoms with Crippen molar-refractivity contribution in [2.75, 3.05) is 6.61 Å². The molecule has 1 aromatic carbocycles. The van der Waals surface area contributed by atoms with Crippen molar-refractivity contribution in [3.8, 4) is 0 Å². The topological polar surface area (TPSA) is 69.9 Å². The van der Waals surface area contributed by atoms with Crippen LogP contribution < -0.4 is 0 Å². The van der Waals surface area contributed by atoms with Crippen molar-refractivity contribution in [2.24, 2.45) is 7.05 Å². The fraction of sp³-hybridized carbons (Fsp3) is 0.333. The summed E-state index contributed by atoms with van der Waals surface area (Å²) in [6, 6.07) is 5.99. The molecule has 0 fully saturated rings. The van der Waals surface area contributed by atoms with Gasteiger partial charge in [0, 0.05) is 16.9 Å². The van der Waals surface area contributed by atoms with E-state index in [4.69, 9.17) is 4.74 Å². The second-order valence-electron chi connectivity index (χ2n) is 5.00. The lowest BCUT2D eigenvalue weighted by atomic mass is 10.2. The predicted molar refractivity (Wildman–Crippen MR) is 93.5 cm³/mol. The van der Waals surface area contributed by atoms with E-state index in [0.29, 0.717) is 11.8 Å². The standard InChI is InChI=1S/C15H15BrN4O2S/c1-4-22-14(21)8(2)23-15-17-13-12(18-19-15)10-7-9(16)5-6-11(10)20(13)3/h5-8H,4H2,1-3H3/t8-/m0/s1. The monoisotopic (exact) mass is 394 g/mol. The third-order valence-electron chi connectivity index (χ3n) is 3.44. The minimum Gasteiger partial charge on any atom is -0.465 e. The van der Waals surface area contributed by atoms with Gasteiger partial charge in [0.25, 0.3) is 0 Å². The van der Waals surface area contributed by atoms with E-state index in [-0.39, 0.29) is 11.2 Å². The molecule has 23 heavy (non-hydrogen) atoms. The lowest BCUT2D eigenvalue weighted by Gasteiger charge is -2.08. The molecule has 0 aliphatic rings. The second kappa shape index (κ2) is 6.45. The molecule has 0 bridgehead atoms. The minimum atomic E-state index is -0.377. The Bertz CT molecular complexity index is 896. The molecule has 1 atom stereocenters. The van der Waals surface area contributed by atoms with Gasteiger partial charge in [-0.2, -0.15) is 0 Å². The first-order chi connectivity index (χ1) is 11.0. The number of ether oxygens (including phenoxy) is 1. The SMILES string of the molecule is CCOC(=O)[C@H](C)Sc1nnc2c3cc(Br)ccc3n(C)c2n1. The van der Waals surface area contributed by atoms with Crippen molar-refractivity contribution in [2.45, 2.75) is 24.3 Å². The van der Waals surface area contributed by atoms with E-state index in [9.17, 15) is 4.79 Å². The molecule has 8 heteroatoms. The molecular weight excluding hydrogens is 380 g/mol. The molecule has 0 amide bonds. The number of fused-ring (bicyclic) bond motifs is 3. The number of rotatable bonds is 4. The quantitative estimate of drug-likeness (QED) is 0.499. The molecule has 0 aliphatic carbocycles. The molecule has 3 aromatic rings. The van der Waals surface area contributed by atoms with Crippen LogP contribution in [0.25, 0.3) is 22.1 Å². The van der Waals surface area contributed by atoms with Gasteiger partial charge in [0.15, 0.2) is 5.65 Å². The summed E-state index contributed by atoms with van der Waals surface area (Å²) in [5, 5.41) is 9.53. The highest BCUT2D eigenvalue weighted by molar-refractivity contribution is 9.10. The zero-order valence-corrected chi connectivity index (χ0v) is 15.3. The largest absolute Gasteiger partial charge is 0.465 e. The maximum absolute atomic E-state index is 11.7. The van der Waals surface area contributed by atoms with Crippen LogP contribution in [0.5, 0.6) is 0 Å². The summed E-state index contributed by atoms with van der Waals surface area (Å²) in [5.74, 6) is -0.276. The first-order valence-electron chi connectivity index (χ1n) is 7.13. The fourth-order valence-corrected chi connectivity index (χ4v) is 3.40. The third-order valence-corrected chi connectivity index (χ3v) is 4.87. The van der Waals surface area contributed by atoms with Crippen molar-refractivity contribution in [3.05, 3.63) is 22.7 Å². The molecular formula is C15H15BrN4O2S. The predicted octanol–water partition coefficient (Wildman–Crippen LogP) is 3.32. The molecule has 2 aromatic heterocycles. The molecule has 3 rings (SSSR count). The summed E-state index contributed by atoms with van der Waals surface area (Å²) >= 11 is 4.72. The van der Waals surface area contributed by atoms with E-state index >= 15 is 0 Å². The molecule has 0 unspecified atom stereocenters. The first-order valence-corrected chi connectivity index (χ1v) is 8.80. The lowest BCUT2D eigenvalue weighted by molar-refractivity contribution is -0.142.